The molecule has 1 aromatic carbocycles. The van der Waals surface area contributed by atoms with Crippen molar-refractivity contribution in [2.75, 3.05) is 19.0 Å². The Morgan fingerprint density at radius 1 is 1.35 bits per heavy atom. The lowest BCUT2D eigenvalue weighted by Crippen LogP contribution is -2.30. The van der Waals surface area contributed by atoms with Crippen LogP contribution in [0.25, 0.3) is 0 Å². The van der Waals surface area contributed by atoms with Crippen LogP contribution in [0.3, 0.4) is 0 Å². The van der Waals surface area contributed by atoms with Crippen LogP contribution in [-0.2, 0) is 9.53 Å². The van der Waals surface area contributed by atoms with E-state index >= 15 is 0 Å². The van der Waals surface area contributed by atoms with Gasteiger partial charge in [0, 0.05) is 18.4 Å². The first-order valence-corrected chi connectivity index (χ1v) is 8.29. The second-order valence-electron chi connectivity index (χ2n) is 5.87. The molecule has 0 saturated heterocycles. The van der Waals surface area contributed by atoms with Gasteiger partial charge in [0.25, 0.3) is 5.91 Å². The zero-order valence-corrected chi connectivity index (χ0v) is 14.9. The van der Waals surface area contributed by atoms with Crippen molar-refractivity contribution in [2.24, 2.45) is 10.7 Å². The molecule has 0 bridgehead atoms. The minimum atomic E-state index is -1.02. The lowest BCUT2D eigenvalue weighted by atomic mass is 9.98. The number of nitrogens with zero attached hydrogens (tertiary/aromatic N) is 1. The molecule has 0 heterocycles. The van der Waals surface area contributed by atoms with Crippen LogP contribution in [0.1, 0.15) is 30.1 Å². The maximum absolute atomic E-state index is 12.2. The minimum absolute atomic E-state index is 0.156. The molecular weight excluding hydrogens is 334 g/mol. The summed E-state index contributed by atoms with van der Waals surface area (Å²) < 4.78 is 5.64. The Kier molecular flexibility index (Phi) is 6.68. The summed E-state index contributed by atoms with van der Waals surface area (Å²) in [5.41, 5.74) is 9.01. The van der Waals surface area contributed by atoms with Crippen molar-refractivity contribution < 1.29 is 19.4 Å². The Morgan fingerprint density at radius 3 is 2.62 bits per heavy atom. The first kappa shape index (κ1) is 19.4. The van der Waals surface area contributed by atoms with Gasteiger partial charge in [-0.2, -0.15) is 0 Å². The Morgan fingerprint density at radius 2 is 2.04 bits per heavy atom. The number of rotatable bonds is 7. The number of nitrogens with one attached hydrogen (secondary N) is 1. The number of benzene rings is 1. The molecule has 1 amide bonds. The average Bonchev–Trinajstić information content (AvgIpc) is 2.63. The summed E-state index contributed by atoms with van der Waals surface area (Å²) in [6.07, 6.45) is 4.87. The highest BCUT2D eigenvalue weighted by molar-refractivity contribution is 6.02. The normalized spacial score (nSPS) is 15.7. The third kappa shape index (κ3) is 5.03. The number of carboxylic acid groups (broad SMARTS) is 1. The molecule has 7 nitrogen and oxygen atoms in total. The second-order valence-corrected chi connectivity index (χ2v) is 5.87. The Labute approximate surface area is 152 Å². The highest BCUT2D eigenvalue weighted by Crippen LogP contribution is 2.18. The van der Waals surface area contributed by atoms with E-state index in [1.165, 1.54) is 24.3 Å². The quantitative estimate of drug-likeness (QED) is 0.648. The van der Waals surface area contributed by atoms with Gasteiger partial charge in [-0.1, -0.05) is 6.08 Å². The molecule has 0 radical (unpaired) electrons. The summed E-state index contributed by atoms with van der Waals surface area (Å²) in [5.74, 6) is -1.34. The van der Waals surface area contributed by atoms with Crippen LogP contribution in [0.15, 0.2) is 52.7 Å². The fourth-order valence-corrected chi connectivity index (χ4v) is 2.50. The van der Waals surface area contributed by atoms with E-state index in [1.54, 1.807) is 14.0 Å². The van der Waals surface area contributed by atoms with E-state index in [9.17, 15) is 9.59 Å². The number of carbonyl (C=O) groups is 2. The number of carbonyl (C=O) groups excluding carboxylic acids is 1. The van der Waals surface area contributed by atoms with E-state index in [-0.39, 0.29) is 18.1 Å². The van der Waals surface area contributed by atoms with Crippen molar-refractivity contribution in [1.29, 1.82) is 0 Å². The van der Waals surface area contributed by atoms with E-state index in [4.69, 9.17) is 15.6 Å². The lowest BCUT2D eigenvalue weighted by Gasteiger charge is -2.18. The molecule has 138 valence electrons. The van der Waals surface area contributed by atoms with E-state index in [2.05, 4.69) is 10.3 Å². The Balaban J connectivity index is 1.92. The van der Waals surface area contributed by atoms with Gasteiger partial charge >= 0.3 is 5.97 Å². The minimum Gasteiger partial charge on any atom is -0.478 e. The number of hydrogen-bond donors (Lipinski definition) is 3. The van der Waals surface area contributed by atoms with Crippen LogP contribution in [-0.4, -0.2) is 42.5 Å². The zero-order chi connectivity index (χ0) is 19.1. The molecule has 0 fully saturated rings. The van der Waals surface area contributed by atoms with E-state index in [1.807, 2.05) is 12.2 Å². The van der Waals surface area contributed by atoms with Gasteiger partial charge in [-0.25, -0.2) is 4.79 Å². The number of carboxylic acids is 1. The summed E-state index contributed by atoms with van der Waals surface area (Å²) in [4.78, 5) is 27.3. The van der Waals surface area contributed by atoms with Crippen molar-refractivity contribution in [3.63, 3.8) is 0 Å². The summed E-state index contributed by atoms with van der Waals surface area (Å²) in [6.45, 7) is 1.83. The molecule has 0 spiro atoms. The van der Waals surface area contributed by atoms with E-state index in [0.29, 0.717) is 11.4 Å². The number of nitrogens with two attached hydrogens (primary N) is 1. The summed E-state index contributed by atoms with van der Waals surface area (Å²) in [7, 11) is 1.67. The van der Waals surface area contributed by atoms with Gasteiger partial charge in [-0.3, -0.25) is 9.79 Å². The Bertz CT molecular complexity index is 763. The van der Waals surface area contributed by atoms with Gasteiger partial charge in [0.15, 0.2) is 0 Å². The molecule has 1 aromatic rings. The second kappa shape index (κ2) is 8.96. The third-order valence-corrected chi connectivity index (χ3v) is 4.06. The van der Waals surface area contributed by atoms with Gasteiger partial charge in [-0.05, 0) is 55.7 Å². The largest absolute Gasteiger partial charge is 0.478 e. The van der Waals surface area contributed by atoms with Crippen LogP contribution in [0.5, 0.6) is 0 Å². The molecule has 7 heteroatoms. The molecule has 0 aliphatic heterocycles. The highest BCUT2D eigenvalue weighted by atomic mass is 16.5. The lowest BCUT2D eigenvalue weighted by molar-refractivity contribution is -0.125. The topological polar surface area (TPSA) is 114 Å². The van der Waals surface area contributed by atoms with E-state index < -0.39 is 12.1 Å². The van der Waals surface area contributed by atoms with Gasteiger partial charge in [0.1, 0.15) is 6.10 Å². The summed E-state index contributed by atoms with van der Waals surface area (Å²) in [5, 5.41) is 11.6. The highest BCUT2D eigenvalue weighted by Gasteiger charge is 2.18. The zero-order valence-electron chi connectivity index (χ0n) is 14.9. The smallest absolute Gasteiger partial charge is 0.335 e. The molecule has 1 unspecified atom stereocenters. The summed E-state index contributed by atoms with van der Waals surface area (Å²) >= 11 is 0. The SMILES string of the molecule is CN=C(COC(C)C(=O)Nc1ccc(C(=O)O)cc1)C1=C(N)C=CCC1. The standard InChI is InChI=1S/C19H23N3O4/c1-12(18(23)22-14-9-7-13(8-10-14)19(24)25)26-11-17(21-2)15-5-3-4-6-16(15)20/h4,6-10,12H,3,5,11,20H2,1-2H3,(H,22,23)(H,24,25). The average molecular weight is 357 g/mol. The van der Waals surface area contributed by atoms with Crippen LogP contribution < -0.4 is 11.1 Å². The van der Waals surface area contributed by atoms with Crippen LogP contribution in [0, 0.1) is 0 Å². The van der Waals surface area contributed by atoms with E-state index in [0.717, 1.165) is 24.1 Å². The monoisotopic (exact) mass is 357 g/mol. The molecule has 0 saturated carbocycles. The molecule has 2 rings (SSSR count). The molecule has 4 N–H and O–H groups in total. The maximum atomic E-state index is 12.2. The number of hydrogen-bond acceptors (Lipinski definition) is 5. The number of allylic oxidation sites excluding steroid dienone is 2. The maximum Gasteiger partial charge on any atom is 0.335 e. The number of aliphatic imine (C=N–C) groups is 1. The number of anilines is 1. The summed E-state index contributed by atoms with van der Waals surface area (Å²) in [6, 6.07) is 5.92. The van der Waals surface area contributed by atoms with Gasteiger partial charge < -0.3 is 20.9 Å². The number of ether oxygens (including phenoxy) is 1. The van der Waals surface area contributed by atoms with Gasteiger partial charge in [0.05, 0.1) is 17.9 Å². The van der Waals surface area contributed by atoms with Crippen LogP contribution >= 0.6 is 0 Å². The van der Waals surface area contributed by atoms with Gasteiger partial charge in [-0.15, -0.1) is 0 Å². The number of amides is 1. The fourth-order valence-electron chi connectivity index (χ4n) is 2.50. The predicted octanol–water partition coefficient (Wildman–Crippen LogP) is 2.36. The molecule has 26 heavy (non-hydrogen) atoms. The van der Waals surface area contributed by atoms with Crippen molar-refractivity contribution in [3.8, 4) is 0 Å². The number of aromatic carboxylic acids is 1. The fraction of sp³-hybridized carbons (Fsp3) is 0.316. The van der Waals surface area contributed by atoms with Crippen molar-refractivity contribution in [1.82, 2.24) is 0 Å². The van der Waals surface area contributed by atoms with Crippen molar-refractivity contribution >= 4 is 23.3 Å². The third-order valence-electron chi connectivity index (χ3n) is 4.06. The Hall–Kier alpha value is -2.93. The molecule has 0 aromatic heterocycles. The van der Waals surface area contributed by atoms with Crippen LogP contribution in [0.2, 0.25) is 0 Å². The molecule has 1 aliphatic carbocycles. The van der Waals surface area contributed by atoms with Crippen LogP contribution in [0.4, 0.5) is 5.69 Å². The molecule has 1 atom stereocenters. The molecular formula is C19H23N3O4. The van der Waals surface area contributed by atoms with Crippen molar-refractivity contribution in [3.05, 3.63) is 53.3 Å². The first-order valence-electron chi connectivity index (χ1n) is 8.29. The first-order chi connectivity index (χ1) is 12.4. The van der Waals surface area contributed by atoms with Crippen molar-refractivity contribution in [2.45, 2.75) is 25.9 Å². The molecule has 1 aliphatic rings. The van der Waals surface area contributed by atoms with Gasteiger partial charge in [0.2, 0.25) is 0 Å². The predicted molar refractivity (Wildman–Crippen MR) is 100 cm³/mol.